The molecule has 0 aromatic carbocycles. The van der Waals surface area contributed by atoms with Gasteiger partial charge in [0.25, 0.3) is 0 Å². The third-order valence-corrected chi connectivity index (χ3v) is 4.80. The number of likely N-dealkylation sites (tertiary alicyclic amines) is 1. The van der Waals surface area contributed by atoms with Gasteiger partial charge in [0.2, 0.25) is 5.91 Å². The molecule has 1 fully saturated rings. The predicted octanol–water partition coefficient (Wildman–Crippen LogP) is 0.289. The summed E-state index contributed by atoms with van der Waals surface area (Å²) in [6.45, 7) is 1.89. The second kappa shape index (κ2) is 5.84. The molecular weight excluding hydrogens is 252 g/mol. The number of rotatable bonds is 3. The highest BCUT2D eigenvalue weighted by atomic mass is 32.2. The van der Waals surface area contributed by atoms with E-state index in [0.717, 1.165) is 25.9 Å². The summed E-state index contributed by atoms with van der Waals surface area (Å²) in [5.41, 5.74) is 0. The van der Waals surface area contributed by atoms with Crippen LogP contribution in [0.25, 0.3) is 0 Å². The summed E-state index contributed by atoms with van der Waals surface area (Å²) in [4.78, 5) is 13.8. The van der Waals surface area contributed by atoms with Crippen molar-refractivity contribution >= 4 is 15.7 Å². The highest BCUT2D eigenvalue weighted by Gasteiger charge is 2.23. The van der Waals surface area contributed by atoms with Crippen LogP contribution in [0.15, 0.2) is 11.5 Å². The van der Waals surface area contributed by atoms with Crippen molar-refractivity contribution in [3.05, 3.63) is 11.5 Å². The molecule has 1 saturated heterocycles. The normalized spacial score (nSPS) is 27.1. The second-order valence-corrected chi connectivity index (χ2v) is 6.87. The van der Waals surface area contributed by atoms with Crippen LogP contribution in [-0.4, -0.2) is 50.7 Å². The van der Waals surface area contributed by atoms with E-state index in [9.17, 15) is 13.2 Å². The Morgan fingerprint density at radius 3 is 2.44 bits per heavy atom. The Morgan fingerprint density at radius 1 is 1.22 bits per heavy atom. The first-order valence-electron chi connectivity index (χ1n) is 6.49. The van der Waals surface area contributed by atoms with E-state index < -0.39 is 9.84 Å². The maximum atomic E-state index is 12.0. The van der Waals surface area contributed by atoms with Gasteiger partial charge in [-0.25, -0.2) is 8.42 Å². The largest absolute Gasteiger partial charge is 0.342 e. The van der Waals surface area contributed by atoms with E-state index in [1.54, 1.807) is 6.08 Å². The molecule has 0 aromatic heterocycles. The van der Waals surface area contributed by atoms with E-state index in [1.807, 2.05) is 4.90 Å². The highest BCUT2D eigenvalue weighted by Crippen LogP contribution is 2.10. The number of hydrogen-bond donors (Lipinski definition) is 1. The predicted molar refractivity (Wildman–Crippen MR) is 69.8 cm³/mol. The fourth-order valence-corrected chi connectivity index (χ4v) is 3.62. The maximum absolute atomic E-state index is 12.0. The highest BCUT2D eigenvalue weighted by molar-refractivity contribution is 7.94. The third-order valence-electron chi connectivity index (χ3n) is 3.40. The molecule has 2 aliphatic rings. The molecule has 18 heavy (non-hydrogen) atoms. The zero-order valence-electron chi connectivity index (χ0n) is 10.5. The summed E-state index contributed by atoms with van der Waals surface area (Å²) < 4.78 is 22.4. The average Bonchev–Trinajstić information content (AvgIpc) is 2.57. The van der Waals surface area contributed by atoms with Crippen LogP contribution in [0.4, 0.5) is 0 Å². The quantitative estimate of drug-likeness (QED) is 0.802. The Balaban J connectivity index is 1.76. The monoisotopic (exact) mass is 272 g/mol. The molecule has 0 aromatic rings. The molecule has 1 N–H and O–H groups in total. The summed E-state index contributed by atoms with van der Waals surface area (Å²) in [5.74, 6) is 0.148. The number of amides is 1. The van der Waals surface area contributed by atoms with Gasteiger partial charge in [-0.2, -0.15) is 0 Å². The van der Waals surface area contributed by atoms with Crippen LogP contribution in [-0.2, 0) is 14.6 Å². The molecule has 2 heterocycles. The molecule has 0 aliphatic carbocycles. The topological polar surface area (TPSA) is 66.5 Å². The number of hydrogen-bond acceptors (Lipinski definition) is 4. The van der Waals surface area contributed by atoms with E-state index >= 15 is 0 Å². The van der Waals surface area contributed by atoms with Crippen LogP contribution in [0.2, 0.25) is 0 Å². The molecule has 0 radical (unpaired) electrons. The van der Waals surface area contributed by atoms with Crippen molar-refractivity contribution in [3.8, 4) is 0 Å². The van der Waals surface area contributed by atoms with Gasteiger partial charge >= 0.3 is 0 Å². The SMILES string of the molecule is O=C(CNC1C=CS(=O)(=O)C1)N1CCCCCC1. The minimum atomic E-state index is -3.04. The lowest BCUT2D eigenvalue weighted by atomic mass is 10.2. The van der Waals surface area contributed by atoms with Crippen LogP contribution in [0.3, 0.4) is 0 Å². The van der Waals surface area contributed by atoms with E-state index in [4.69, 9.17) is 0 Å². The molecule has 1 unspecified atom stereocenters. The zero-order valence-corrected chi connectivity index (χ0v) is 11.3. The smallest absolute Gasteiger partial charge is 0.236 e. The number of nitrogens with zero attached hydrogens (tertiary/aromatic N) is 1. The van der Waals surface area contributed by atoms with Crippen molar-refractivity contribution in [1.29, 1.82) is 0 Å². The summed E-state index contributed by atoms with van der Waals surface area (Å²) in [6, 6.07) is -0.217. The van der Waals surface area contributed by atoms with Crippen LogP contribution >= 0.6 is 0 Å². The minimum Gasteiger partial charge on any atom is -0.342 e. The van der Waals surface area contributed by atoms with Crippen LogP contribution in [0, 0.1) is 0 Å². The Labute approximate surface area is 108 Å². The van der Waals surface area contributed by atoms with E-state index in [2.05, 4.69) is 5.32 Å². The average molecular weight is 272 g/mol. The first-order chi connectivity index (χ1) is 8.57. The van der Waals surface area contributed by atoms with Crippen molar-refractivity contribution in [2.75, 3.05) is 25.4 Å². The summed E-state index contributed by atoms with van der Waals surface area (Å²) in [7, 11) is -3.04. The first-order valence-corrected chi connectivity index (χ1v) is 8.20. The molecule has 1 atom stereocenters. The van der Waals surface area contributed by atoms with Gasteiger partial charge in [-0.05, 0) is 12.8 Å². The maximum Gasteiger partial charge on any atom is 0.236 e. The van der Waals surface area contributed by atoms with Gasteiger partial charge in [-0.1, -0.05) is 18.9 Å². The summed E-state index contributed by atoms with van der Waals surface area (Å²) in [5, 5.41) is 4.22. The van der Waals surface area contributed by atoms with Gasteiger partial charge in [-0.15, -0.1) is 0 Å². The van der Waals surface area contributed by atoms with E-state index in [0.29, 0.717) is 0 Å². The Kier molecular flexibility index (Phi) is 4.40. The summed E-state index contributed by atoms with van der Waals surface area (Å²) >= 11 is 0. The first kappa shape index (κ1) is 13.5. The molecule has 1 amide bonds. The van der Waals surface area contributed by atoms with Gasteiger partial charge in [-0.3, -0.25) is 4.79 Å². The number of nitrogens with one attached hydrogen (secondary N) is 1. The van der Waals surface area contributed by atoms with Gasteiger partial charge in [0.15, 0.2) is 9.84 Å². The number of carbonyl (C=O) groups is 1. The molecule has 2 aliphatic heterocycles. The molecule has 0 bridgehead atoms. The molecule has 0 spiro atoms. The molecule has 102 valence electrons. The van der Waals surface area contributed by atoms with Crippen LogP contribution in [0.5, 0.6) is 0 Å². The van der Waals surface area contributed by atoms with Crippen molar-refractivity contribution in [1.82, 2.24) is 10.2 Å². The minimum absolute atomic E-state index is 0.0697. The zero-order chi connectivity index (χ0) is 13.0. The lowest BCUT2D eigenvalue weighted by Crippen LogP contribution is -2.42. The Hall–Kier alpha value is -0.880. The molecule has 0 saturated carbocycles. The van der Waals surface area contributed by atoms with E-state index in [-0.39, 0.29) is 24.2 Å². The van der Waals surface area contributed by atoms with Crippen molar-refractivity contribution < 1.29 is 13.2 Å². The van der Waals surface area contributed by atoms with Crippen LogP contribution < -0.4 is 5.32 Å². The fourth-order valence-electron chi connectivity index (χ4n) is 2.35. The van der Waals surface area contributed by atoms with Crippen molar-refractivity contribution in [2.45, 2.75) is 31.7 Å². The third kappa shape index (κ3) is 3.81. The molecular formula is C12H20N2O3S. The summed E-state index contributed by atoms with van der Waals surface area (Å²) in [6.07, 6.45) is 6.15. The van der Waals surface area contributed by atoms with Crippen molar-refractivity contribution in [3.63, 3.8) is 0 Å². The van der Waals surface area contributed by atoms with Crippen molar-refractivity contribution in [2.24, 2.45) is 0 Å². The second-order valence-electron chi connectivity index (χ2n) is 4.94. The van der Waals surface area contributed by atoms with Crippen LogP contribution in [0.1, 0.15) is 25.7 Å². The van der Waals surface area contributed by atoms with Gasteiger partial charge < -0.3 is 10.2 Å². The molecule has 6 heteroatoms. The lowest BCUT2D eigenvalue weighted by Gasteiger charge is -2.21. The van der Waals surface area contributed by atoms with Gasteiger partial charge in [0, 0.05) is 24.5 Å². The molecule has 5 nitrogen and oxygen atoms in total. The Bertz CT molecular complexity index is 423. The van der Waals surface area contributed by atoms with Gasteiger partial charge in [0.1, 0.15) is 0 Å². The lowest BCUT2D eigenvalue weighted by molar-refractivity contribution is -0.130. The number of carbonyl (C=O) groups excluding carboxylic acids is 1. The molecule has 2 rings (SSSR count). The van der Waals surface area contributed by atoms with Gasteiger partial charge in [0.05, 0.1) is 12.3 Å². The van der Waals surface area contributed by atoms with E-state index in [1.165, 1.54) is 18.2 Å². The fraction of sp³-hybridized carbons (Fsp3) is 0.750. The number of sulfone groups is 1. The standard InChI is InChI=1S/C12H20N2O3S/c15-12(14-6-3-1-2-4-7-14)9-13-11-5-8-18(16,17)10-11/h5,8,11,13H,1-4,6-7,9-10H2. The Morgan fingerprint density at radius 2 is 1.89 bits per heavy atom.